The number of rotatable bonds is 4. The third-order valence-electron chi connectivity index (χ3n) is 2.94. The summed E-state index contributed by atoms with van der Waals surface area (Å²) in [5, 5.41) is 7.59. The van der Waals surface area contributed by atoms with Gasteiger partial charge in [-0.25, -0.2) is 0 Å². The molecule has 0 bridgehead atoms. The van der Waals surface area contributed by atoms with E-state index in [2.05, 4.69) is 17.3 Å². The Hall–Kier alpha value is -0.910. The minimum atomic E-state index is -0.441. The summed E-state index contributed by atoms with van der Waals surface area (Å²) in [6.45, 7) is 7.45. The summed E-state index contributed by atoms with van der Waals surface area (Å²) in [6, 6.07) is 0.274. The van der Waals surface area contributed by atoms with Crippen LogP contribution >= 0.6 is 0 Å². The molecule has 0 aliphatic carbocycles. The molecule has 96 valence electrons. The number of ether oxygens (including phenoxy) is 2. The Balaban J connectivity index is 1.79. The molecule has 1 saturated heterocycles. The number of hydrogen-bond acceptors (Lipinski definition) is 4. The second-order valence-corrected chi connectivity index (χ2v) is 5.03. The zero-order chi connectivity index (χ0) is 12.5. The molecule has 2 atom stereocenters. The predicted molar refractivity (Wildman–Crippen MR) is 64.5 cm³/mol. The highest BCUT2D eigenvalue weighted by Crippen LogP contribution is 2.22. The van der Waals surface area contributed by atoms with Crippen LogP contribution in [0.15, 0.2) is 12.4 Å². The Morgan fingerprint density at radius 3 is 2.94 bits per heavy atom. The first-order valence-corrected chi connectivity index (χ1v) is 6.00. The van der Waals surface area contributed by atoms with Crippen molar-refractivity contribution in [3.63, 3.8) is 0 Å². The van der Waals surface area contributed by atoms with Gasteiger partial charge < -0.3 is 14.8 Å². The van der Waals surface area contributed by atoms with Crippen LogP contribution in [-0.2, 0) is 16.5 Å². The van der Waals surface area contributed by atoms with Gasteiger partial charge in [0.05, 0.1) is 18.9 Å². The Kier molecular flexibility index (Phi) is 3.51. The van der Waals surface area contributed by atoms with Gasteiger partial charge in [-0.1, -0.05) is 0 Å². The highest BCUT2D eigenvalue weighted by atomic mass is 16.7. The zero-order valence-electron chi connectivity index (χ0n) is 10.9. The van der Waals surface area contributed by atoms with Crippen molar-refractivity contribution in [2.24, 2.45) is 7.05 Å². The molecule has 0 radical (unpaired) electrons. The van der Waals surface area contributed by atoms with E-state index in [4.69, 9.17) is 9.47 Å². The van der Waals surface area contributed by atoms with Crippen LogP contribution < -0.4 is 5.32 Å². The summed E-state index contributed by atoms with van der Waals surface area (Å²) < 4.78 is 13.1. The summed E-state index contributed by atoms with van der Waals surface area (Å²) >= 11 is 0. The normalized spacial score (nSPS) is 25.1. The van der Waals surface area contributed by atoms with E-state index in [1.165, 1.54) is 5.56 Å². The molecule has 1 aromatic heterocycles. The number of aromatic nitrogens is 2. The van der Waals surface area contributed by atoms with Gasteiger partial charge in [-0.15, -0.1) is 0 Å². The summed E-state index contributed by atoms with van der Waals surface area (Å²) in [6.07, 6.45) is 4.03. The highest BCUT2D eigenvalue weighted by molar-refractivity contribution is 5.08. The maximum atomic E-state index is 5.73. The largest absolute Gasteiger partial charge is 0.348 e. The summed E-state index contributed by atoms with van der Waals surface area (Å²) in [4.78, 5) is 0. The first-order valence-electron chi connectivity index (χ1n) is 6.00. The van der Waals surface area contributed by atoms with Crippen LogP contribution in [-0.4, -0.2) is 34.8 Å². The molecule has 5 nitrogen and oxygen atoms in total. The Bertz CT molecular complexity index is 376. The maximum absolute atomic E-state index is 5.73. The first kappa shape index (κ1) is 12.5. The molecule has 0 amide bonds. The van der Waals surface area contributed by atoms with Gasteiger partial charge in [0.1, 0.15) is 0 Å². The number of hydrogen-bond donors (Lipinski definition) is 1. The van der Waals surface area contributed by atoms with Gasteiger partial charge in [-0.05, 0) is 20.8 Å². The Morgan fingerprint density at radius 2 is 2.41 bits per heavy atom. The van der Waals surface area contributed by atoms with Crippen LogP contribution in [0, 0.1) is 0 Å². The average molecular weight is 239 g/mol. The molecule has 17 heavy (non-hydrogen) atoms. The van der Waals surface area contributed by atoms with Crippen LogP contribution in [0.25, 0.3) is 0 Å². The topological polar surface area (TPSA) is 48.3 Å². The lowest BCUT2D eigenvalue weighted by Crippen LogP contribution is -2.32. The van der Waals surface area contributed by atoms with Crippen molar-refractivity contribution in [3.8, 4) is 0 Å². The molecule has 0 saturated carbocycles. The van der Waals surface area contributed by atoms with Crippen LogP contribution in [0.1, 0.15) is 32.4 Å². The van der Waals surface area contributed by atoms with Gasteiger partial charge in [-0.2, -0.15) is 5.10 Å². The molecule has 0 aromatic carbocycles. The van der Waals surface area contributed by atoms with E-state index in [0.29, 0.717) is 6.61 Å². The Labute approximate surface area is 102 Å². The van der Waals surface area contributed by atoms with Gasteiger partial charge >= 0.3 is 0 Å². The van der Waals surface area contributed by atoms with E-state index >= 15 is 0 Å². The van der Waals surface area contributed by atoms with E-state index in [1.54, 1.807) is 0 Å². The molecule has 1 N–H and O–H groups in total. The van der Waals surface area contributed by atoms with Gasteiger partial charge in [0, 0.05) is 31.4 Å². The predicted octanol–water partition coefficient (Wildman–Crippen LogP) is 1.22. The molecule has 2 unspecified atom stereocenters. The standard InChI is InChI=1S/C12H21N3O2/c1-9(10-5-14-15(4)7-10)13-6-11-8-16-12(2,3)17-11/h5,7,9,11,13H,6,8H2,1-4H3. The Morgan fingerprint density at radius 1 is 1.65 bits per heavy atom. The number of nitrogens with zero attached hydrogens (tertiary/aromatic N) is 2. The molecule has 1 fully saturated rings. The molecular weight excluding hydrogens is 218 g/mol. The van der Waals surface area contributed by atoms with Crippen molar-refractivity contribution in [3.05, 3.63) is 18.0 Å². The van der Waals surface area contributed by atoms with Crippen molar-refractivity contribution >= 4 is 0 Å². The zero-order valence-corrected chi connectivity index (χ0v) is 10.9. The maximum Gasteiger partial charge on any atom is 0.163 e. The third-order valence-corrected chi connectivity index (χ3v) is 2.94. The fraction of sp³-hybridized carbons (Fsp3) is 0.750. The van der Waals surface area contributed by atoms with Crippen molar-refractivity contribution in [2.75, 3.05) is 13.2 Å². The lowest BCUT2D eigenvalue weighted by Gasteiger charge is -2.18. The smallest absolute Gasteiger partial charge is 0.163 e. The lowest BCUT2D eigenvalue weighted by molar-refractivity contribution is -0.137. The second kappa shape index (κ2) is 4.76. The van der Waals surface area contributed by atoms with Crippen LogP contribution in [0.4, 0.5) is 0 Å². The number of aryl methyl sites for hydroxylation is 1. The SMILES string of the molecule is CC(NCC1COC(C)(C)O1)c1cnn(C)c1. The van der Waals surface area contributed by atoms with Gasteiger partial charge in [0.15, 0.2) is 5.79 Å². The summed E-state index contributed by atoms with van der Waals surface area (Å²) in [5.41, 5.74) is 1.19. The monoisotopic (exact) mass is 239 g/mol. The quantitative estimate of drug-likeness (QED) is 0.858. The van der Waals surface area contributed by atoms with E-state index in [1.807, 2.05) is 38.0 Å². The van der Waals surface area contributed by atoms with Crippen molar-refractivity contribution in [1.29, 1.82) is 0 Å². The fourth-order valence-corrected chi connectivity index (χ4v) is 1.95. The number of nitrogens with one attached hydrogen (secondary N) is 1. The van der Waals surface area contributed by atoms with Crippen LogP contribution in [0.5, 0.6) is 0 Å². The molecule has 5 heteroatoms. The minimum absolute atomic E-state index is 0.129. The lowest BCUT2D eigenvalue weighted by atomic mass is 10.2. The summed E-state index contributed by atoms with van der Waals surface area (Å²) in [7, 11) is 1.92. The van der Waals surface area contributed by atoms with E-state index in [9.17, 15) is 0 Å². The van der Waals surface area contributed by atoms with E-state index < -0.39 is 5.79 Å². The van der Waals surface area contributed by atoms with Crippen molar-refractivity contribution < 1.29 is 9.47 Å². The fourth-order valence-electron chi connectivity index (χ4n) is 1.95. The van der Waals surface area contributed by atoms with Crippen LogP contribution in [0.3, 0.4) is 0 Å². The van der Waals surface area contributed by atoms with E-state index in [-0.39, 0.29) is 12.1 Å². The first-order chi connectivity index (χ1) is 7.96. The molecule has 1 aliphatic rings. The molecule has 2 heterocycles. The summed E-state index contributed by atoms with van der Waals surface area (Å²) in [5.74, 6) is -0.441. The van der Waals surface area contributed by atoms with Gasteiger partial charge in [0.25, 0.3) is 0 Å². The molecule has 1 aromatic rings. The highest BCUT2D eigenvalue weighted by Gasteiger charge is 2.32. The van der Waals surface area contributed by atoms with Gasteiger partial charge in [-0.3, -0.25) is 4.68 Å². The van der Waals surface area contributed by atoms with Crippen molar-refractivity contribution in [2.45, 2.75) is 38.7 Å². The average Bonchev–Trinajstić information content (AvgIpc) is 2.81. The third kappa shape index (κ3) is 3.28. The van der Waals surface area contributed by atoms with E-state index in [0.717, 1.165) is 6.54 Å². The van der Waals surface area contributed by atoms with Crippen molar-refractivity contribution in [1.82, 2.24) is 15.1 Å². The second-order valence-electron chi connectivity index (χ2n) is 5.03. The van der Waals surface area contributed by atoms with Gasteiger partial charge in [0.2, 0.25) is 0 Å². The molecule has 1 aliphatic heterocycles. The molecule has 2 rings (SSSR count). The molecule has 0 spiro atoms. The van der Waals surface area contributed by atoms with Crippen LogP contribution in [0.2, 0.25) is 0 Å². The minimum Gasteiger partial charge on any atom is -0.348 e. The molecular formula is C12H21N3O2.